The zero-order valence-electron chi connectivity index (χ0n) is 16.8. The molecule has 31 heavy (non-hydrogen) atoms. The van der Waals surface area contributed by atoms with E-state index in [4.69, 9.17) is 15.7 Å². The third-order valence-corrected chi connectivity index (χ3v) is 6.12. The first kappa shape index (κ1) is 18.0. The lowest BCUT2D eigenvalue weighted by Gasteiger charge is -2.30. The second-order valence-corrected chi connectivity index (χ2v) is 8.14. The zero-order valence-corrected chi connectivity index (χ0v) is 16.8. The monoisotopic (exact) mass is 407 g/mol. The van der Waals surface area contributed by atoms with Crippen LogP contribution in [0.5, 0.6) is 0 Å². The van der Waals surface area contributed by atoms with Crippen molar-refractivity contribution in [3.8, 4) is 22.5 Å². The van der Waals surface area contributed by atoms with E-state index in [-0.39, 0.29) is 12.0 Å². The van der Waals surface area contributed by atoms with Crippen molar-refractivity contribution in [1.82, 2.24) is 19.4 Å². The Kier molecular flexibility index (Phi) is 4.01. The van der Waals surface area contributed by atoms with E-state index in [9.17, 15) is 5.11 Å². The molecular formula is C25H21N5O. The van der Waals surface area contributed by atoms with Crippen molar-refractivity contribution in [3.05, 3.63) is 78.9 Å². The van der Waals surface area contributed by atoms with Gasteiger partial charge in [0.1, 0.15) is 22.9 Å². The Morgan fingerprint density at radius 3 is 2.55 bits per heavy atom. The number of benzene rings is 2. The van der Waals surface area contributed by atoms with Gasteiger partial charge < -0.3 is 10.8 Å². The molecule has 3 heterocycles. The first-order valence-corrected chi connectivity index (χ1v) is 10.4. The molecule has 0 aliphatic heterocycles. The number of rotatable bonds is 3. The maximum absolute atomic E-state index is 9.79. The van der Waals surface area contributed by atoms with Crippen LogP contribution in [0.4, 0.5) is 5.82 Å². The van der Waals surface area contributed by atoms with E-state index >= 15 is 0 Å². The number of nitrogen functional groups attached to an aromatic ring is 1. The topological polar surface area (TPSA) is 89.3 Å². The molecule has 0 radical (unpaired) electrons. The van der Waals surface area contributed by atoms with Gasteiger partial charge in [-0.3, -0.25) is 4.40 Å². The molecule has 1 saturated carbocycles. The summed E-state index contributed by atoms with van der Waals surface area (Å²) in [7, 11) is 0. The highest BCUT2D eigenvalue weighted by atomic mass is 16.3. The zero-order chi connectivity index (χ0) is 20.9. The Hall–Kier alpha value is -3.77. The Morgan fingerprint density at radius 2 is 1.74 bits per heavy atom. The number of pyridine rings is 1. The highest BCUT2D eigenvalue weighted by Crippen LogP contribution is 2.39. The number of hydrogen-bond donors (Lipinski definition) is 2. The maximum Gasteiger partial charge on any atom is 0.150 e. The van der Waals surface area contributed by atoms with Crippen LogP contribution in [0.3, 0.4) is 0 Å². The summed E-state index contributed by atoms with van der Waals surface area (Å²) in [5.74, 6) is 1.60. The second-order valence-electron chi connectivity index (χ2n) is 8.14. The second kappa shape index (κ2) is 6.89. The summed E-state index contributed by atoms with van der Waals surface area (Å²) >= 11 is 0. The predicted octanol–water partition coefficient (Wildman–Crippen LogP) is 4.43. The summed E-state index contributed by atoms with van der Waals surface area (Å²) in [4.78, 5) is 14.2. The fourth-order valence-electron chi connectivity index (χ4n) is 4.41. The van der Waals surface area contributed by atoms with Crippen molar-refractivity contribution in [2.45, 2.75) is 24.9 Å². The minimum Gasteiger partial charge on any atom is -0.393 e. The molecule has 0 bridgehead atoms. The SMILES string of the molecule is Nc1nccn2c1c(-c1ccc3ccc(-c4ccccc4)nc3c1)nc2[C@H]1C[C@@H](O)C1. The maximum atomic E-state index is 9.79. The van der Waals surface area contributed by atoms with Crippen molar-refractivity contribution in [3.63, 3.8) is 0 Å². The van der Waals surface area contributed by atoms with Gasteiger partial charge in [-0.1, -0.05) is 48.5 Å². The largest absolute Gasteiger partial charge is 0.393 e. The van der Waals surface area contributed by atoms with Crippen LogP contribution in [-0.2, 0) is 0 Å². The number of anilines is 1. The van der Waals surface area contributed by atoms with Crippen molar-refractivity contribution >= 4 is 22.2 Å². The minimum atomic E-state index is -0.249. The molecule has 1 aliphatic rings. The van der Waals surface area contributed by atoms with Gasteiger partial charge >= 0.3 is 0 Å². The van der Waals surface area contributed by atoms with E-state index in [0.29, 0.717) is 5.82 Å². The average Bonchev–Trinajstić information content (AvgIpc) is 3.17. The van der Waals surface area contributed by atoms with Gasteiger partial charge in [-0.2, -0.15) is 0 Å². The third kappa shape index (κ3) is 2.95. The fourth-order valence-corrected chi connectivity index (χ4v) is 4.41. The van der Waals surface area contributed by atoms with Crippen LogP contribution in [0.15, 0.2) is 73.1 Å². The lowest BCUT2D eigenvalue weighted by Crippen LogP contribution is -2.27. The van der Waals surface area contributed by atoms with Crippen LogP contribution in [0.1, 0.15) is 24.6 Å². The Bertz CT molecular complexity index is 1420. The first-order chi connectivity index (χ1) is 15.2. The quantitative estimate of drug-likeness (QED) is 0.462. The smallest absolute Gasteiger partial charge is 0.150 e. The molecule has 0 atom stereocenters. The first-order valence-electron chi connectivity index (χ1n) is 10.4. The summed E-state index contributed by atoms with van der Waals surface area (Å²) in [6.07, 6.45) is 4.79. The van der Waals surface area contributed by atoms with E-state index in [1.807, 2.05) is 34.9 Å². The number of imidazole rings is 1. The highest BCUT2D eigenvalue weighted by molar-refractivity contribution is 5.91. The van der Waals surface area contributed by atoms with Gasteiger partial charge in [0.05, 0.1) is 17.3 Å². The molecule has 0 amide bonds. The molecule has 0 unspecified atom stereocenters. The van der Waals surface area contributed by atoms with Gasteiger partial charge in [0, 0.05) is 34.8 Å². The standard InChI is InChI=1S/C25H21N5O/c26-24-23-22(29-25(18-12-19(31)13-18)30(23)11-10-27-24)17-7-6-16-8-9-20(28-21(16)14-17)15-4-2-1-3-5-15/h1-11,14,18-19,31H,12-13H2,(H2,26,27)/t18-,19+. The molecule has 1 fully saturated rings. The summed E-state index contributed by atoms with van der Waals surface area (Å²) in [6, 6.07) is 20.5. The van der Waals surface area contributed by atoms with Gasteiger partial charge in [0.15, 0.2) is 0 Å². The number of aliphatic hydroxyl groups is 1. The molecule has 3 N–H and O–H groups in total. The van der Waals surface area contributed by atoms with E-state index in [2.05, 4.69) is 41.4 Å². The predicted molar refractivity (Wildman–Crippen MR) is 122 cm³/mol. The van der Waals surface area contributed by atoms with Crippen molar-refractivity contribution in [2.24, 2.45) is 0 Å². The molecular weight excluding hydrogens is 386 g/mol. The molecule has 1 aliphatic carbocycles. The van der Waals surface area contributed by atoms with Crippen molar-refractivity contribution < 1.29 is 5.11 Å². The lowest BCUT2D eigenvalue weighted by molar-refractivity contribution is 0.0715. The number of fused-ring (bicyclic) bond motifs is 2. The lowest BCUT2D eigenvalue weighted by atomic mass is 9.82. The van der Waals surface area contributed by atoms with Gasteiger partial charge in [0.25, 0.3) is 0 Å². The number of aromatic nitrogens is 4. The molecule has 3 aromatic heterocycles. The molecule has 2 aromatic carbocycles. The van der Waals surface area contributed by atoms with Crippen molar-refractivity contribution in [2.75, 3.05) is 5.73 Å². The van der Waals surface area contributed by atoms with Crippen LogP contribution >= 0.6 is 0 Å². The molecule has 0 spiro atoms. The van der Waals surface area contributed by atoms with Gasteiger partial charge in [-0.25, -0.2) is 15.0 Å². The summed E-state index contributed by atoms with van der Waals surface area (Å²) in [5.41, 5.74) is 11.8. The summed E-state index contributed by atoms with van der Waals surface area (Å²) < 4.78 is 2.02. The number of nitrogens with two attached hydrogens (primary N) is 1. The van der Waals surface area contributed by atoms with Crippen LogP contribution in [-0.4, -0.2) is 30.6 Å². The molecule has 6 nitrogen and oxygen atoms in total. The van der Waals surface area contributed by atoms with Crippen LogP contribution in [0.2, 0.25) is 0 Å². The minimum absolute atomic E-state index is 0.223. The molecule has 0 saturated heterocycles. The Labute approximate surface area is 179 Å². The molecule has 5 aromatic rings. The van der Waals surface area contributed by atoms with Crippen LogP contribution in [0, 0.1) is 0 Å². The Morgan fingerprint density at radius 1 is 0.935 bits per heavy atom. The van der Waals surface area contributed by atoms with Gasteiger partial charge in [-0.05, 0) is 25.0 Å². The highest BCUT2D eigenvalue weighted by Gasteiger charge is 2.33. The molecule has 6 rings (SSSR count). The molecule has 152 valence electrons. The third-order valence-electron chi connectivity index (χ3n) is 6.12. The number of nitrogens with zero attached hydrogens (tertiary/aromatic N) is 4. The summed E-state index contributed by atoms with van der Waals surface area (Å²) in [6.45, 7) is 0. The van der Waals surface area contributed by atoms with Gasteiger partial charge in [-0.15, -0.1) is 0 Å². The van der Waals surface area contributed by atoms with Crippen molar-refractivity contribution in [1.29, 1.82) is 0 Å². The van der Waals surface area contributed by atoms with Crippen LogP contribution < -0.4 is 5.73 Å². The molecule has 6 heteroatoms. The normalized spacial score (nSPS) is 18.4. The van der Waals surface area contributed by atoms with Gasteiger partial charge in [0.2, 0.25) is 0 Å². The van der Waals surface area contributed by atoms with E-state index in [1.54, 1.807) is 6.20 Å². The fraction of sp³-hybridized carbons (Fsp3) is 0.160. The Balaban J connectivity index is 1.51. The van der Waals surface area contributed by atoms with E-state index in [0.717, 1.165) is 57.6 Å². The number of aliphatic hydroxyl groups excluding tert-OH is 1. The summed E-state index contributed by atoms with van der Waals surface area (Å²) in [5, 5.41) is 10.9. The van der Waals surface area contributed by atoms with E-state index in [1.165, 1.54) is 0 Å². The number of hydrogen-bond acceptors (Lipinski definition) is 5. The van der Waals surface area contributed by atoms with E-state index < -0.39 is 0 Å². The van der Waals surface area contributed by atoms with Crippen LogP contribution in [0.25, 0.3) is 38.9 Å². The average molecular weight is 407 g/mol.